The van der Waals surface area contributed by atoms with E-state index in [0.717, 1.165) is 19.4 Å². The van der Waals surface area contributed by atoms with Crippen molar-refractivity contribution < 1.29 is 0 Å². The normalized spacial score (nSPS) is 12.5. The number of hydrogen-bond acceptors (Lipinski definition) is 3. The van der Waals surface area contributed by atoms with Crippen LogP contribution in [0.2, 0.25) is 0 Å². The van der Waals surface area contributed by atoms with E-state index in [9.17, 15) is 0 Å². The zero-order chi connectivity index (χ0) is 14.9. The number of aromatic nitrogens is 1. The van der Waals surface area contributed by atoms with Gasteiger partial charge in [0.1, 0.15) is 0 Å². The van der Waals surface area contributed by atoms with Gasteiger partial charge in [-0.1, -0.05) is 26.0 Å². The second-order valence-corrected chi connectivity index (χ2v) is 6.47. The van der Waals surface area contributed by atoms with E-state index in [4.69, 9.17) is 0 Å². The van der Waals surface area contributed by atoms with E-state index in [1.165, 1.54) is 35.4 Å². The van der Waals surface area contributed by atoms with Crippen LogP contribution in [0.15, 0.2) is 35.8 Å². The van der Waals surface area contributed by atoms with E-state index in [0.29, 0.717) is 6.04 Å². The van der Waals surface area contributed by atoms with Gasteiger partial charge in [0.05, 0.1) is 0 Å². The molecule has 21 heavy (non-hydrogen) atoms. The first-order chi connectivity index (χ1) is 10.3. The average molecular weight is 302 g/mol. The van der Waals surface area contributed by atoms with Crippen LogP contribution in [-0.2, 0) is 19.3 Å². The first kappa shape index (κ1) is 16.2. The monoisotopic (exact) mass is 302 g/mol. The summed E-state index contributed by atoms with van der Waals surface area (Å²) in [7, 11) is 0. The Morgan fingerprint density at radius 3 is 2.76 bits per heavy atom. The van der Waals surface area contributed by atoms with Gasteiger partial charge in [-0.25, -0.2) is 0 Å². The molecule has 0 saturated carbocycles. The third-order valence-electron chi connectivity index (χ3n) is 3.80. The SMILES string of the molecule is CCNC(CCCc1cccs1)Cc1ccc(CC)cn1. The molecule has 0 bridgehead atoms. The van der Waals surface area contributed by atoms with Crippen LogP contribution in [0.25, 0.3) is 0 Å². The van der Waals surface area contributed by atoms with Gasteiger partial charge in [0.15, 0.2) is 0 Å². The van der Waals surface area contributed by atoms with Crippen molar-refractivity contribution in [3.63, 3.8) is 0 Å². The highest BCUT2D eigenvalue weighted by Gasteiger charge is 2.09. The molecule has 0 saturated heterocycles. The number of hydrogen-bond donors (Lipinski definition) is 1. The molecular formula is C18H26N2S. The van der Waals surface area contributed by atoms with Crippen molar-refractivity contribution in [3.05, 3.63) is 52.0 Å². The summed E-state index contributed by atoms with van der Waals surface area (Å²) in [4.78, 5) is 6.09. The van der Waals surface area contributed by atoms with Gasteiger partial charge in [-0.15, -0.1) is 11.3 Å². The van der Waals surface area contributed by atoms with Gasteiger partial charge < -0.3 is 5.32 Å². The average Bonchev–Trinajstić information content (AvgIpc) is 3.01. The summed E-state index contributed by atoms with van der Waals surface area (Å²) < 4.78 is 0. The largest absolute Gasteiger partial charge is 0.314 e. The predicted octanol–water partition coefficient (Wildman–Crippen LogP) is 4.25. The molecule has 0 aliphatic rings. The topological polar surface area (TPSA) is 24.9 Å². The molecule has 0 aromatic carbocycles. The summed E-state index contributed by atoms with van der Waals surface area (Å²) in [6, 6.07) is 9.30. The molecule has 2 heterocycles. The second-order valence-electron chi connectivity index (χ2n) is 5.44. The van der Waals surface area contributed by atoms with Crippen LogP contribution in [0.4, 0.5) is 0 Å². The Hall–Kier alpha value is -1.19. The lowest BCUT2D eigenvalue weighted by Crippen LogP contribution is -2.31. The molecule has 2 aromatic heterocycles. The van der Waals surface area contributed by atoms with Crippen LogP contribution in [0.3, 0.4) is 0 Å². The Balaban J connectivity index is 1.82. The molecule has 114 valence electrons. The molecule has 2 aromatic rings. The van der Waals surface area contributed by atoms with E-state index in [1.807, 2.05) is 17.5 Å². The minimum atomic E-state index is 0.537. The van der Waals surface area contributed by atoms with Crippen molar-refractivity contribution in [2.24, 2.45) is 0 Å². The van der Waals surface area contributed by atoms with Crippen LogP contribution < -0.4 is 5.32 Å². The smallest absolute Gasteiger partial charge is 0.0419 e. The molecule has 1 atom stereocenters. The fraction of sp³-hybridized carbons (Fsp3) is 0.500. The standard InChI is InChI=1S/C18H26N2S/c1-3-15-10-11-17(20-14-15)13-16(19-4-2)7-5-8-18-9-6-12-21-18/h6,9-12,14,16,19H,3-5,7-8,13H2,1-2H3. The maximum atomic E-state index is 4.59. The minimum Gasteiger partial charge on any atom is -0.314 e. The molecule has 2 rings (SSSR count). The van der Waals surface area contributed by atoms with Gasteiger partial charge in [0.25, 0.3) is 0 Å². The van der Waals surface area contributed by atoms with E-state index >= 15 is 0 Å². The molecule has 0 aliphatic carbocycles. The van der Waals surface area contributed by atoms with Crippen molar-refractivity contribution in [2.75, 3.05) is 6.54 Å². The fourth-order valence-electron chi connectivity index (χ4n) is 2.58. The van der Waals surface area contributed by atoms with Crippen LogP contribution in [0.1, 0.15) is 42.8 Å². The zero-order valence-corrected chi connectivity index (χ0v) is 14.0. The number of nitrogens with zero attached hydrogens (tertiary/aromatic N) is 1. The zero-order valence-electron chi connectivity index (χ0n) is 13.1. The Morgan fingerprint density at radius 2 is 2.14 bits per heavy atom. The highest BCUT2D eigenvalue weighted by atomic mass is 32.1. The van der Waals surface area contributed by atoms with Gasteiger partial charge in [0.2, 0.25) is 0 Å². The van der Waals surface area contributed by atoms with Crippen LogP contribution in [0.5, 0.6) is 0 Å². The van der Waals surface area contributed by atoms with Crippen molar-refractivity contribution in [2.45, 2.75) is 52.0 Å². The van der Waals surface area contributed by atoms with Crippen molar-refractivity contribution in [3.8, 4) is 0 Å². The first-order valence-corrected chi connectivity index (χ1v) is 8.89. The summed E-state index contributed by atoms with van der Waals surface area (Å²) >= 11 is 1.86. The Bertz CT molecular complexity index is 490. The van der Waals surface area contributed by atoms with Crippen molar-refractivity contribution >= 4 is 11.3 Å². The molecule has 3 heteroatoms. The Kier molecular flexibility index (Phi) is 6.90. The van der Waals surface area contributed by atoms with Crippen LogP contribution in [-0.4, -0.2) is 17.6 Å². The van der Waals surface area contributed by atoms with Gasteiger partial charge in [-0.05, 0) is 55.3 Å². The van der Waals surface area contributed by atoms with Crippen LogP contribution in [0, 0.1) is 0 Å². The molecule has 0 radical (unpaired) electrons. The Morgan fingerprint density at radius 1 is 1.24 bits per heavy atom. The third kappa shape index (κ3) is 5.60. The summed E-state index contributed by atoms with van der Waals surface area (Å²) in [5.41, 5.74) is 2.52. The van der Waals surface area contributed by atoms with Crippen molar-refractivity contribution in [1.82, 2.24) is 10.3 Å². The minimum absolute atomic E-state index is 0.537. The van der Waals surface area contributed by atoms with Crippen molar-refractivity contribution in [1.29, 1.82) is 0 Å². The van der Waals surface area contributed by atoms with E-state index < -0.39 is 0 Å². The van der Waals surface area contributed by atoms with Gasteiger partial charge >= 0.3 is 0 Å². The lowest BCUT2D eigenvalue weighted by atomic mass is 10.0. The molecule has 2 nitrogen and oxygen atoms in total. The summed E-state index contributed by atoms with van der Waals surface area (Å²) in [6.07, 6.45) is 7.76. The summed E-state index contributed by atoms with van der Waals surface area (Å²) in [6.45, 7) is 5.37. The highest BCUT2D eigenvalue weighted by molar-refractivity contribution is 7.09. The molecule has 0 fully saturated rings. The Labute approximate surface area is 132 Å². The number of rotatable bonds is 9. The van der Waals surface area contributed by atoms with Gasteiger partial charge in [-0.2, -0.15) is 0 Å². The lowest BCUT2D eigenvalue weighted by molar-refractivity contribution is 0.473. The predicted molar refractivity (Wildman–Crippen MR) is 92.0 cm³/mol. The molecular weight excluding hydrogens is 276 g/mol. The van der Waals surface area contributed by atoms with Gasteiger partial charge in [-0.3, -0.25) is 4.98 Å². The van der Waals surface area contributed by atoms with E-state index in [-0.39, 0.29) is 0 Å². The number of nitrogens with one attached hydrogen (secondary N) is 1. The summed E-state index contributed by atoms with van der Waals surface area (Å²) in [5.74, 6) is 0. The van der Waals surface area contributed by atoms with Crippen LogP contribution >= 0.6 is 11.3 Å². The number of aryl methyl sites for hydroxylation is 2. The second kappa shape index (κ2) is 8.96. The molecule has 0 amide bonds. The quantitative estimate of drug-likeness (QED) is 0.749. The lowest BCUT2D eigenvalue weighted by Gasteiger charge is -2.17. The molecule has 1 unspecified atom stereocenters. The molecule has 0 spiro atoms. The number of pyridine rings is 1. The third-order valence-corrected chi connectivity index (χ3v) is 4.73. The number of thiophene rings is 1. The molecule has 0 aliphatic heterocycles. The molecule has 1 N–H and O–H groups in total. The summed E-state index contributed by atoms with van der Waals surface area (Å²) in [5, 5.41) is 5.77. The highest BCUT2D eigenvalue weighted by Crippen LogP contribution is 2.14. The maximum Gasteiger partial charge on any atom is 0.0419 e. The first-order valence-electron chi connectivity index (χ1n) is 8.01. The number of likely N-dealkylation sites (N-methyl/N-ethyl adjacent to an activating group) is 1. The maximum absolute atomic E-state index is 4.59. The van der Waals surface area contributed by atoms with Gasteiger partial charge in [0, 0.05) is 29.2 Å². The van der Waals surface area contributed by atoms with E-state index in [2.05, 4.69) is 53.8 Å². The van der Waals surface area contributed by atoms with E-state index in [1.54, 1.807) is 0 Å². The fourth-order valence-corrected chi connectivity index (χ4v) is 3.33.